The van der Waals surface area contributed by atoms with E-state index in [0.29, 0.717) is 0 Å². The summed E-state index contributed by atoms with van der Waals surface area (Å²) in [5.74, 6) is -0.578. The average molecular weight is 176 g/mol. The van der Waals surface area contributed by atoms with Crippen molar-refractivity contribution in [2.75, 3.05) is 0 Å². The molecule has 0 aliphatic heterocycles. The van der Waals surface area contributed by atoms with E-state index in [1.54, 1.807) is 0 Å². The van der Waals surface area contributed by atoms with Gasteiger partial charge in [0.1, 0.15) is 12.2 Å². The van der Waals surface area contributed by atoms with Crippen LogP contribution in [0.1, 0.15) is 20.3 Å². The number of nitrogens with zero attached hydrogens (tertiary/aromatic N) is 2. The Morgan fingerprint density at radius 1 is 1.33 bits per heavy atom. The first-order valence-electron chi connectivity index (χ1n) is 3.09. The zero-order valence-corrected chi connectivity index (χ0v) is 6.64. The molecule has 68 valence electrons. The zero-order chi connectivity index (χ0) is 9.94. The van der Waals surface area contributed by atoms with Crippen molar-refractivity contribution in [3.05, 3.63) is 20.2 Å². The highest BCUT2D eigenvalue weighted by molar-refractivity contribution is 5.76. The molecule has 0 aromatic heterocycles. The summed E-state index contributed by atoms with van der Waals surface area (Å²) < 4.78 is 0. The fraction of sp³-hybridized carbons (Fsp3) is 0.800. The fourth-order valence-corrected chi connectivity index (χ4v) is 0.667. The van der Waals surface area contributed by atoms with E-state index in [4.69, 9.17) is 0 Å². The molecule has 0 aromatic rings. The maximum Gasteiger partial charge on any atom is 0.462 e. The van der Waals surface area contributed by atoms with Crippen molar-refractivity contribution in [3.63, 3.8) is 0 Å². The molecular formula is C5H8N2O5. The van der Waals surface area contributed by atoms with Gasteiger partial charge in [0.2, 0.25) is 0 Å². The van der Waals surface area contributed by atoms with Crippen molar-refractivity contribution >= 4 is 5.78 Å². The Hall–Kier alpha value is -1.53. The molecule has 7 heteroatoms. The third kappa shape index (κ3) is 1.97. The van der Waals surface area contributed by atoms with Crippen molar-refractivity contribution in [1.82, 2.24) is 0 Å². The smallest absolute Gasteiger partial charge is 0.299 e. The van der Waals surface area contributed by atoms with Crippen LogP contribution in [0.3, 0.4) is 0 Å². The van der Waals surface area contributed by atoms with Gasteiger partial charge in [-0.05, 0) is 6.92 Å². The number of hydrogen-bond acceptors (Lipinski definition) is 5. The van der Waals surface area contributed by atoms with Gasteiger partial charge in [-0.25, -0.2) is 0 Å². The lowest BCUT2D eigenvalue weighted by atomic mass is 10.1. The Morgan fingerprint density at radius 3 is 1.75 bits per heavy atom. The van der Waals surface area contributed by atoms with Gasteiger partial charge in [0.15, 0.2) is 0 Å². The quantitative estimate of drug-likeness (QED) is 0.346. The van der Waals surface area contributed by atoms with Crippen LogP contribution in [-0.4, -0.2) is 21.3 Å². The summed E-state index contributed by atoms with van der Waals surface area (Å²) in [6.45, 7) is 1.89. The van der Waals surface area contributed by atoms with Crippen molar-refractivity contribution in [2.24, 2.45) is 0 Å². The van der Waals surface area contributed by atoms with E-state index < -0.39 is 27.7 Å². The van der Waals surface area contributed by atoms with Crippen LogP contribution < -0.4 is 0 Å². The summed E-state index contributed by atoms with van der Waals surface area (Å²) in [7, 11) is 0. The van der Waals surface area contributed by atoms with Gasteiger partial charge < -0.3 is 0 Å². The second-order valence-corrected chi connectivity index (χ2v) is 2.61. The largest absolute Gasteiger partial charge is 0.462 e. The summed E-state index contributed by atoms with van der Waals surface area (Å²) in [6, 6.07) is 0. The van der Waals surface area contributed by atoms with E-state index in [1.807, 2.05) is 0 Å². The van der Waals surface area contributed by atoms with Gasteiger partial charge in [0.25, 0.3) is 0 Å². The third-order valence-electron chi connectivity index (χ3n) is 1.37. The van der Waals surface area contributed by atoms with Gasteiger partial charge in [-0.3, -0.25) is 25.0 Å². The Morgan fingerprint density at radius 2 is 1.67 bits per heavy atom. The van der Waals surface area contributed by atoms with Crippen LogP contribution in [0.5, 0.6) is 0 Å². The van der Waals surface area contributed by atoms with E-state index in [0.717, 1.165) is 13.8 Å². The van der Waals surface area contributed by atoms with Gasteiger partial charge in [0, 0.05) is 0 Å². The highest BCUT2D eigenvalue weighted by atomic mass is 16.7. The monoisotopic (exact) mass is 176 g/mol. The normalized spacial score (nSPS) is 10.8. The number of Topliss-reactive ketones (excluding diaryl/α,β-unsaturated/α-hetero) is 1. The molecule has 0 spiro atoms. The lowest BCUT2D eigenvalue weighted by Crippen LogP contribution is -2.44. The summed E-state index contributed by atoms with van der Waals surface area (Å²) in [6.07, 6.45) is -0.688. The van der Waals surface area contributed by atoms with Gasteiger partial charge in [-0.1, -0.05) is 0 Å². The first-order valence-corrected chi connectivity index (χ1v) is 3.09. The maximum absolute atomic E-state index is 10.5. The molecule has 0 N–H and O–H groups in total. The van der Waals surface area contributed by atoms with Gasteiger partial charge in [0.05, 0.1) is 16.8 Å². The maximum atomic E-state index is 10.5. The standard InChI is InChI=1S/C5H8N2O5/c1-4(8)3-5(2,6(9)10)7(11)12/h3H2,1-2H3. The van der Waals surface area contributed by atoms with E-state index in [2.05, 4.69) is 0 Å². The molecule has 0 saturated carbocycles. The Balaban J connectivity index is 4.75. The van der Waals surface area contributed by atoms with Gasteiger partial charge in [-0.2, -0.15) is 0 Å². The first kappa shape index (κ1) is 10.5. The molecule has 7 nitrogen and oxygen atoms in total. The third-order valence-corrected chi connectivity index (χ3v) is 1.37. The molecule has 0 fully saturated rings. The lowest BCUT2D eigenvalue weighted by molar-refractivity contribution is -0.790. The van der Waals surface area contributed by atoms with Crippen LogP contribution in [0, 0.1) is 20.2 Å². The van der Waals surface area contributed by atoms with Crippen LogP contribution in [0.2, 0.25) is 0 Å². The number of carbonyl (C=O) groups is 1. The van der Waals surface area contributed by atoms with Crippen LogP contribution in [0.25, 0.3) is 0 Å². The number of ketones is 1. The van der Waals surface area contributed by atoms with Gasteiger partial charge >= 0.3 is 5.66 Å². The van der Waals surface area contributed by atoms with Crippen molar-refractivity contribution < 1.29 is 14.6 Å². The van der Waals surface area contributed by atoms with Crippen LogP contribution in [0.15, 0.2) is 0 Å². The van der Waals surface area contributed by atoms with E-state index in [9.17, 15) is 25.0 Å². The Kier molecular flexibility index (Phi) is 2.83. The predicted octanol–water partition coefficient (Wildman–Crippen LogP) is 0.235. The molecule has 0 atom stereocenters. The zero-order valence-electron chi connectivity index (χ0n) is 6.64. The topological polar surface area (TPSA) is 103 Å². The Labute approximate surface area is 67.7 Å². The molecule has 0 heterocycles. The number of carbonyl (C=O) groups excluding carboxylic acids is 1. The van der Waals surface area contributed by atoms with E-state index in [1.165, 1.54) is 0 Å². The minimum atomic E-state index is -2.38. The Bertz CT molecular complexity index is 222. The fourth-order valence-electron chi connectivity index (χ4n) is 0.667. The minimum Gasteiger partial charge on any atom is -0.299 e. The highest BCUT2D eigenvalue weighted by Gasteiger charge is 2.51. The van der Waals surface area contributed by atoms with E-state index >= 15 is 0 Å². The van der Waals surface area contributed by atoms with Crippen molar-refractivity contribution in [3.8, 4) is 0 Å². The summed E-state index contributed by atoms with van der Waals surface area (Å²) in [5.41, 5.74) is -2.38. The molecule has 0 aromatic carbocycles. The van der Waals surface area contributed by atoms with E-state index in [-0.39, 0.29) is 0 Å². The second kappa shape index (κ2) is 3.24. The number of nitro groups is 2. The molecule has 0 unspecified atom stereocenters. The van der Waals surface area contributed by atoms with Crippen LogP contribution >= 0.6 is 0 Å². The summed E-state index contributed by atoms with van der Waals surface area (Å²) in [5, 5.41) is 20.4. The average Bonchev–Trinajstić information content (AvgIpc) is 1.84. The highest BCUT2D eigenvalue weighted by Crippen LogP contribution is 2.14. The molecule has 0 saturated heterocycles. The molecule has 0 aliphatic rings. The van der Waals surface area contributed by atoms with Crippen LogP contribution in [0.4, 0.5) is 0 Å². The number of rotatable bonds is 4. The predicted molar refractivity (Wildman–Crippen MR) is 37.7 cm³/mol. The van der Waals surface area contributed by atoms with Crippen molar-refractivity contribution in [1.29, 1.82) is 0 Å². The first-order chi connectivity index (χ1) is 5.30. The lowest BCUT2D eigenvalue weighted by Gasteiger charge is -2.09. The molecule has 12 heavy (non-hydrogen) atoms. The van der Waals surface area contributed by atoms with Gasteiger partial charge in [-0.15, -0.1) is 0 Å². The van der Waals surface area contributed by atoms with Crippen LogP contribution in [-0.2, 0) is 4.79 Å². The molecular weight excluding hydrogens is 168 g/mol. The summed E-state index contributed by atoms with van der Waals surface area (Å²) >= 11 is 0. The number of hydrogen-bond donors (Lipinski definition) is 0. The molecule has 0 aliphatic carbocycles. The van der Waals surface area contributed by atoms with Crippen molar-refractivity contribution in [2.45, 2.75) is 25.9 Å². The second-order valence-electron chi connectivity index (χ2n) is 2.61. The molecule has 0 radical (unpaired) electrons. The summed E-state index contributed by atoms with van der Waals surface area (Å²) in [4.78, 5) is 28.8. The molecule has 0 amide bonds. The minimum absolute atomic E-state index is 0.578. The molecule has 0 bridgehead atoms. The molecule has 0 rings (SSSR count). The SMILES string of the molecule is CC(=O)CC(C)([N+](=O)[O-])[N+](=O)[O-].